The summed E-state index contributed by atoms with van der Waals surface area (Å²) in [4.78, 5) is 1.78. The van der Waals surface area contributed by atoms with Crippen molar-refractivity contribution in [3.63, 3.8) is 0 Å². The Morgan fingerprint density at radius 2 is 2.00 bits per heavy atom. The van der Waals surface area contributed by atoms with E-state index in [1.165, 1.54) is 6.07 Å². The van der Waals surface area contributed by atoms with E-state index < -0.39 is 17.5 Å². The molecule has 1 N–H and O–H groups in total. The van der Waals surface area contributed by atoms with E-state index in [4.69, 9.17) is 0 Å². The molecule has 0 aromatic heterocycles. The Bertz CT molecular complexity index is 449. The van der Waals surface area contributed by atoms with E-state index >= 15 is 0 Å². The lowest BCUT2D eigenvalue weighted by Gasteiger charge is -2.20. The average molecular weight is 272 g/mol. The summed E-state index contributed by atoms with van der Waals surface area (Å²) in [6.45, 7) is 6.34. The molecule has 1 atom stereocenters. The van der Waals surface area contributed by atoms with Crippen LogP contribution in [0.2, 0.25) is 0 Å². The van der Waals surface area contributed by atoms with Gasteiger partial charge in [0, 0.05) is 19.1 Å². The molecule has 1 aliphatic rings. The Morgan fingerprint density at radius 3 is 2.68 bits per heavy atom. The van der Waals surface area contributed by atoms with Gasteiger partial charge < -0.3 is 10.2 Å². The molecule has 0 amide bonds. The molecule has 106 valence electrons. The maximum Gasteiger partial charge on any atom is 0.196 e. The smallest absolute Gasteiger partial charge is 0.196 e. The van der Waals surface area contributed by atoms with Gasteiger partial charge in [-0.25, -0.2) is 13.2 Å². The van der Waals surface area contributed by atoms with Crippen LogP contribution < -0.4 is 10.2 Å². The fraction of sp³-hybridized carbons (Fsp3) is 0.571. The first-order valence-corrected chi connectivity index (χ1v) is 6.61. The summed E-state index contributed by atoms with van der Waals surface area (Å²) in [6.07, 6.45) is 0.929. The Labute approximate surface area is 111 Å². The molecule has 1 aromatic rings. The van der Waals surface area contributed by atoms with Crippen molar-refractivity contribution in [2.45, 2.75) is 26.3 Å². The van der Waals surface area contributed by atoms with Crippen molar-refractivity contribution in [1.29, 1.82) is 0 Å². The lowest BCUT2D eigenvalue weighted by molar-refractivity contribution is 0.446. The molecule has 1 aliphatic heterocycles. The van der Waals surface area contributed by atoms with Gasteiger partial charge >= 0.3 is 0 Å². The Kier molecular flexibility index (Phi) is 4.34. The zero-order chi connectivity index (χ0) is 14.0. The third kappa shape index (κ3) is 3.21. The van der Waals surface area contributed by atoms with Crippen LogP contribution in [-0.2, 0) is 0 Å². The molecule has 19 heavy (non-hydrogen) atoms. The minimum Gasteiger partial charge on any atom is -0.369 e. The summed E-state index contributed by atoms with van der Waals surface area (Å²) < 4.78 is 39.8. The van der Waals surface area contributed by atoms with Crippen molar-refractivity contribution in [1.82, 2.24) is 5.32 Å². The molecule has 1 fully saturated rings. The highest BCUT2D eigenvalue weighted by Gasteiger charge is 2.26. The van der Waals surface area contributed by atoms with Crippen LogP contribution in [0.4, 0.5) is 18.9 Å². The number of halogens is 3. The first-order chi connectivity index (χ1) is 8.99. The summed E-state index contributed by atoms with van der Waals surface area (Å²) in [5, 5.41) is 3.34. The number of nitrogens with one attached hydrogen (secondary N) is 1. The summed E-state index contributed by atoms with van der Waals surface area (Å²) in [6, 6.07) is 2.70. The molecule has 0 bridgehead atoms. The third-order valence-corrected chi connectivity index (χ3v) is 3.46. The van der Waals surface area contributed by atoms with E-state index in [0.717, 1.165) is 19.0 Å². The second kappa shape index (κ2) is 5.82. The summed E-state index contributed by atoms with van der Waals surface area (Å²) >= 11 is 0. The van der Waals surface area contributed by atoms with E-state index in [9.17, 15) is 13.2 Å². The molecule has 5 heteroatoms. The lowest BCUT2D eigenvalue weighted by atomic mass is 10.1. The highest BCUT2D eigenvalue weighted by molar-refractivity contribution is 5.49. The van der Waals surface area contributed by atoms with Crippen molar-refractivity contribution >= 4 is 5.69 Å². The van der Waals surface area contributed by atoms with Crippen molar-refractivity contribution in [3.8, 4) is 0 Å². The van der Waals surface area contributed by atoms with E-state index in [-0.39, 0.29) is 5.69 Å². The maximum absolute atomic E-state index is 13.7. The van der Waals surface area contributed by atoms with Gasteiger partial charge in [0.25, 0.3) is 0 Å². The molecule has 1 heterocycles. The second-order valence-corrected chi connectivity index (χ2v) is 5.36. The minimum absolute atomic E-state index is 0.158. The first-order valence-electron chi connectivity index (χ1n) is 6.61. The molecule has 0 aliphatic carbocycles. The normalized spacial score (nSPS) is 19.5. The number of hydrogen-bond acceptors (Lipinski definition) is 2. The number of benzene rings is 1. The summed E-state index contributed by atoms with van der Waals surface area (Å²) in [5.41, 5.74) is 0.158. The summed E-state index contributed by atoms with van der Waals surface area (Å²) in [5.74, 6) is -3.20. The van der Waals surface area contributed by atoms with Crippen molar-refractivity contribution < 1.29 is 13.2 Å². The van der Waals surface area contributed by atoms with E-state index in [0.29, 0.717) is 25.0 Å². The number of rotatable bonds is 4. The Hall–Kier alpha value is -1.23. The standard InChI is InChI=1S/C14H19F3N2/c1-9(2)18-7-10-5-6-19(8-10)12-4-3-11(15)13(16)14(12)17/h3-4,9-10,18H,5-8H2,1-2H3. The van der Waals surface area contributed by atoms with Crippen molar-refractivity contribution in [2.75, 3.05) is 24.5 Å². The van der Waals surface area contributed by atoms with Crippen molar-refractivity contribution in [2.24, 2.45) is 5.92 Å². The van der Waals surface area contributed by atoms with Gasteiger partial charge in [-0.2, -0.15) is 0 Å². The van der Waals surface area contributed by atoms with Crippen LogP contribution in [-0.4, -0.2) is 25.7 Å². The molecule has 0 spiro atoms. The summed E-state index contributed by atoms with van der Waals surface area (Å²) in [7, 11) is 0. The average Bonchev–Trinajstić information content (AvgIpc) is 2.82. The van der Waals surface area contributed by atoms with Crippen LogP contribution >= 0.6 is 0 Å². The van der Waals surface area contributed by atoms with Crippen LogP contribution in [0.25, 0.3) is 0 Å². The van der Waals surface area contributed by atoms with Crippen LogP contribution in [0.15, 0.2) is 12.1 Å². The lowest BCUT2D eigenvalue weighted by Crippen LogP contribution is -2.31. The molecule has 0 saturated carbocycles. The number of nitrogens with zero attached hydrogens (tertiary/aromatic N) is 1. The molecule has 1 unspecified atom stereocenters. The predicted octanol–water partition coefficient (Wildman–Crippen LogP) is 2.93. The minimum atomic E-state index is -1.39. The fourth-order valence-corrected chi connectivity index (χ4v) is 2.38. The topological polar surface area (TPSA) is 15.3 Å². The van der Waals surface area contributed by atoms with E-state index in [1.54, 1.807) is 4.90 Å². The van der Waals surface area contributed by atoms with Gasteiger partial charge in [0.2, 0.25) is 0 Å². The quantitative estimate of drug-likeness (QED) is 0.848. The van der Waals surface area contributed by atoms with Crippen LogP contribution in [0.3, 0.4) is 0 Å². The van der Waals surface area contributed by atoms with Gasteiger partial charge in [-0.1, -0.05) is 13.8 Å². The van der Waals surface area contributed by atoms with E-state index in [1.807, 2.05) is 0 Å². The van der Waals surface area contributed by atoms with Gasteiger partial charge in [0.1, 0.15) is 0 Å². The fourth-order valence-electron chi connectivity index (χ4n) is 2.38. The largest absolute Gasteiger partial charge is 0.369 e. The number of hydrogen-bond donors (Lipinski definition) is 1. The van der Waals surface area contributed by atoms with Gasteiger partial charge in [-0.15, -0.1) is 0 Å². The SMILES string of the molecule is CC(C)NCC1CCN(c2ccc(F)c(F)c2F)C1. The molecular formula is C14H19F3N2. The van der Waals surface area contributed by atoms with Gasteiger partial charge in [-0.3, -0.25) is 0 Å². The molecule has 0 radical (unpaired) electrons. The zero-order valence-corrected chi connectivity index (χ0v) is 11.2. The molecule has 1 aromatic carbocycles. The molecule has 2 rings (SSSR count). The van der Waals surface area contributed by atoms with Crippen LogP contribution in [0.5, 0.6) is 0 Å². The van der Waals surface area contributed by atoms with Crippen LogP contribution in [0, 0.1) is 23.4 Å². The Balaban J connectivity index is 2.03. The van der Waals surface area contributed by atoms with E-state index in [2.05, 4.69) is 19.2 Å². The Morgan fingerprint density at radius 1 is 1.26 bits per heavy atom. The van der Waals surface area contributed by atoms with Gasteiger partial charge in [0.15, 0.2) is 17.5 Å². The predicted molar refractivity (Wildman–Crippen MR) is 69.8 cm³/mol. The highest BCUT2D eigenvalue weighted by Crippen LogP contribution is 2.28. The van der Waals surface area contributed by atoms with Crippen LogP contribution in [0.1, 0.15) is 20.3 Å². The first kappa shape index (κ1) is 14.2. The van der Waals surface area contributed by atoms with Gasteiger partial charge in [-0.05, 0) is 31.0 Å². The maximum atomic E-state index is 13.7. The molecular weight excluding hydrogens is 253 g/mol. The third-order valence-electron chi connectivity index (χ3n) is 3.46. The zero-order valence-electron chi connectivity index (χ0n) is 11.2. The van der Waals surface area contributed by atoms with Crippen molar-refractivity contribution in [3.05, 3.63) is 29.6 Å². The molecule has 2 nitrogen and oxygen atoms in total. The number of anilines is 1. The highest BCUT2D eigenvalue weighted by atomic mass is 19.2. The second-order valence-electron chi connectivity index (χ2n) is 5.36. The monoisotopic (exact) mass is 272 g/mol. The molecule has 1 saturated heterocycles. The van der Waals surface area contributed by atoms with Gasteiger partial charge in [0.05, 0.1) is 5.69 Å².